The molecule has 8 aromatic rings. The third kappa shape index (κ3) is 5.09. The number of benzene rings is 7. The lowest BCUT2D eigenvalue weighted by atomic mass is 9.93. The highest BCUT2D eigenvalue weighted by atomic mass is 16.1. The average molecular weight is 650 g/mol. The molecule has 0 spiro atoms. The minimum atomic E-state index is -0.219. The fraction of sp³-hybridized carbons (Fsp3) is 0.0909. The van der Waals surface area contributed by atoms with E-state index in [2.05, 4.69) is 150 Å². The zero-order valence-corrected chi connectivity index (χ0v) is 27.8. The molecular formula is C44H35N5O. The van der Waals surface area contributed by atoms with Crippen molar-refractivity contribution in [1.29, 1.82) is 0 Å². The summed E-state index contributed by atoms with van der Waals surface area (Å²) in [6.07, 6.45) is -0.375. The zero-order valence-electron chi connectivity index (χ0n) is 27.8. The van der Waals surface area contributed by atoms with Gasteiger partial charge in [-0.2, -0.15) is 0 Å². The summed E-state index contributed by atoms with van der Waals surface area (Å²) in [6.45, 7) is 0. The van der Waals surface area contributed by atoms with Gasteiger partial charge in [0.25, 0.3) is 0 Å². The van der Waals surface area contributed by atoms with Crippen LogP contribution in [0, 0.1) is 0 Å². The van der Waals surface area contributed by atoms with Gasteiger partial charge in [0.1, 0.15) is 18.2 Å². The largest absolute Gasteiger partial charge is 0.350 e. The van der Waals surface area contributed by atoms with Crippen molar-refractivity contribution in [3.8, 4) is 22.3 Å². The number of aryl methyl sites for hydroxylation is 2. The average Bonchev–Trinajstić information content (AvgIpc) is 3.40. The normalized spacial score (nSPS) is 16.1. The maximum atomic E-state index is 12.5. The number of aliphatic imine (C=N–C) groups is 1. The van der Waals surface area contributed by atoms with E-state index in [1.807, 2.05) is 26.2 Å². The number of aromatic nitrogens is 2. The van der Waals surface area contributed by atoms with Crippen molar-refractivity contribution < 1.29 is 0 Å². The van der Waals surface area contributed by atoms with Gasteiger partial charge in [-0.3, -0.25) is 14.5 Å². The molecule has 2 N–H and O–H groups in total. The Morgan fingerprint density at radius 1 is 0.540 bits per heavy atom. The Morgan fingerprint density at radius 2 is 1.16 bits per heavy atom. The van der Waals surface area contributed by atoms with Crippen molar-refractivity contribution in [2.24, 2.45) is 19.1 Å². The number of amidine groups is 1. The van der Waals surface area contributed by atoms with Gasteiger partial charge in [-0.05, 0) is 73.1 Å². The van der Waals surface area contributed by atoms with E-state index in [4.69, 9.17) is 4.99 Å². The maximum Gasteiger partial charge on any atom is 0.328 e. The first kappa shape index (κ1) is 29.9. The predicted octanol–water partition coefficient (Wildman–Crippen LogP) is 8.85. The highest BCUT2D eigenvalue weighted by molar-refractivity contribution is 6.13. The summed E-state index contributed by atoms with van der Waals surface area (Å²) in [7, 11) is 3.62. The van der Waals surface area contributed by atoms with Gasteiger partial charge in [-0.25, -0.2) is 9.79 Å². The number of nitrogens with zero attached hydrogens (tertiary/aromatic N) is 3. The summed E-state index contributed by atoms with van der Waals surface area (Å²) in [5.74, 6) is 0.833. The Balaban J connectivity index is 1.05. The van der Waals surface area contributed by atoms with Crippen LogP contribution in [0.4, 0.5) is 0 Å². The van der Waals surface area contributed by atoms with Gasteiger partial charge >= 0.3 is 5.69 Å². The van der Waals surface area contributed by atoms with E-state index in [0.29, 0.717) is 0 Å². The van der Waals surface area contributed by atoms with Crippen LogP contribution in [0.25, 0.3) is 54.8 Å². The first-order chi connectivity index (χ1) is 24.5. The van der Waals surface area contributed by atoms with E-state index >= 15 is 0 Å². The van der Waals surface area contributed by atoms with Crippen LogP contribution < -0.4 is 16.3 Å². The molecule has 0 amide bonds. The number of hydrogen-bond donors (Lipinski definition) is 2. The molecule has 0 saturated heterocycles. The minimum Gasteiger partial charge on any atom is -0.350 e. The molecule has 6 nitrogen and oxygen atoms in total. The zero-order chi connectivity index (χ0) is 33.8. The Hall–Kier alpha value is -6.24. The first-order valence-corrected chi connectivity index (χ1v) is 16.9. The Kier molecular flexibility index (Phi) is 7.18. The summed E-state index contributed by atoms with van der Waals surface area (Å²) in [6, 6.07) is 53.5. The Bertz CT molecular complexity index is 2630. The van der Waals surface area contributed by atoms with Gasteiger partial charge in [0.15, 0.2) is 0 Å². The van der Waals surface area contributed by atoms with Crippen LogP contribution in [-0.2, 0) is 14.1 Å². The molecule has 2 unspecified atom stereocenters. The Morgan fingerprint density at radius 3 is 1.94 bits per heavy atom. The maximum absolute atomic E-state index is 12.5. The second kappa shape index (κ2) is 12.0. The Labute approximate surface area is 290 Å². The fourth-order valence-electron chi connectivity index (χ4n) is 7.34. The van der Waals surface area contributed by atoms with Crippen molar-refractivity contribution in [2.75, 3.05) is 0 Å². The lowest BCUT2D eigenvalue weighted by Crippen LogP contribution is -2.44. The number of imidazole rings is 1. The number of hydrogen-bond acceptors (Lipinski definition) is 4. The molecule has 0 fully saturated rings. The van der Waals surface area contributed by atoms with Gasteiger partial charge in [0, 0.05) is 19.7 Å². The molecule has 9 rings (SSSR count). The van der Waals surface area contributed by atoms with Crippen molar-refractivity contribution in [1.82, 2.24) is 19.8 Å². The lowest BCUT2D eigenvalue weighted by Gasteiger charge is -2.32. The van der Waals surface area contributed by atoms with Crippen molar-refractivity contribution in [3.63, 3.8) is 0 Å². The van der Waals surface area contributed by atoms with E-state index in [1.165, 1.54) is 32.7 Å². The van der Waals surface area contributed by atoms with Crippen LogP contribution in [0.1, 0.15) is 29.0 Å². The van der Waals surface area contributed by atoms with E-state index in [9.17, 15) is 4.79 Å². The van der Waals surface area contributed by atoms with Crippen LogP contribution >= 0.6 is 0 Å². The summed E-state index contributed by atoms with van der Waals surface area (Å²) in [5, 5.41) is 12.5. The smallest absolute Gasteiger partial charge is 0.328 e. The topological polar surface area (TPSA) is 63.4 Å². The molecule has 7 aromatic carbocycles. The van der Waals surface area contributed by atoms with Gasteiger partial charge in [-0.1, -0.05) is 133 Å². The molecule has 1 aliphatic rings. The second-order valence-corrected chi connectivity index (χ2v) is 13.0. The molecule has 242 valence electrons. The molecule has 2 atom stereocenters. The molecular weight excluding hydrogens is 615 g/mol. The second-order valence-electron chi connectivity index (χ2n) is 13.0. The van der Waals surface area contributed by atoms with Crippen molar-refractivity contribution in [2.45, 2.75) is 12.3 Å². The van der Waals surface area contributed by atoms with Crippen LogP contribution in [0.5, 0.6) is 0 Å². The standard InChI is InChI=1S/C44H35N5O/c1-48-39-25-24-33(27-40(39)49(2)44(48)50)28-16-20-31(21-17-28)42-45-41(30-10-4-3-5-11-30)46-43(47-42)32-22-18-29(19-23-32)38-26-34-12-6-7-13-35(34)36-14-8-9-15-37(36)38/h3-27,41,43,46H,1-2H3,(H,45,47). The minimum absolute atomic E-state index is 0.0261. The van der Waals surface area contributed by atoms with Gasteiger partial charge in [-0.15, -0.1) is 0 Å². The van der Waals surface area contributed by atoms with Gasteiger partial charge in [0.2, 0.25) is 0 Å². The monoisotopic (exact) mass is 649 g/mol. The van der Waals surface area contributed by atoms with Crippen LogP contribution in [0.3, 0.4) is 0 Å². The summed E-state index contributed by atoms with van der Waals surface area (Å²) >= 11 is 0. The fourth-order valence-corrected chi connectivity index (χ4v) is 7.34. The molecule has 1 aromatic heterocycles. The predicted molar refractivity (Wildman–Crippen MR) is 205 cm³/mol. The van der Waals surface area contributed by atoms with E-state index in [0.717, 1.165) is 44.7 Å². The molecule has 6 heteroatoms. The number of rotatable bonds is 5. The van der Waals surface area contributed by atoms with Gasteiger partial charge in [0.05, 0.1) is 11.0 Å². The third-order valence-electron chi connectivity index (χ3n) is 10.1. The third-order valence-corrected chi connectivity index (χ3v) is 10.1. The molecule has 0 bridgehead atoms. The van der Waals surface area contributed by atoms with Crippen LogP contribution in [-0.4, -0.2) is 15.0 Å². The lowest BCUT2D eigenvalue weighted by molar-refractivity contribution is 0.409. The molecule has 50 heavy (non-hydrogen) atoms. The first-order valence-electron chi connectivity index (χ1n) is 16.9. The number of fused-ring (bicyclic) bond motifs is 4. The molecule has 1 aliphatic heterocycles. The van der Waals surface area contributed by atoms with E-state index in [-0.39, 0.29) is 18.0 Å². The van der Waals surface area contributed by atoms with Crippen LogP contribution in [0.2, 0.25) is 0 Å². The SMILES string of the molecule is Cn1c(=O)n(C)c2cc(-c3ccc(C4=NC(c5ccccc5)NC(c5ccc(-c6cc7ccccc7c7ccccc67)cc5)N4)cc3)ccc21. The van der Waals surface area contributed by atoms with E-state index in [1.54, 1.807) is 9.13 Å². The quantitative estimate of drug-likeness (QED) is 0.183. The number of nitrogens with one attached hydrogen (secondary N) is 2. The highest BCUT2D eigenvalue weighted by Gasteiger charge is 2.25. The summed E-state index contributed by atoms with van der Waals surface area (Å²) in [4.78, 5) is 17.6. The molecule has 0 aliphatic carbocycles. The van der Waals surface area contributed by atoms with Crippen molar-refractivity contribution in [3.05, 3.63) is 179 Å². The molecule has 0 radical (unpaired) electrons. The summed E-state index contributed by atoms with van der Waals surface area (Å²) < 4.78 is 3.38. The van der Waals surface area contributed by atoms with Crippen molar-refractivity contribution >= 4 is 38.4 Å². The summed E-state index contributed by atoms with van der Waals surface area (Å²) in [5.41, 5.74) is 9.60. The highest BCUT2D eigenvalue weighted by Crippen LogP contribution is 2.36. The molecule has 0 saturated carbocycles. The molecule has 2 heterocycles. The van der Waals surface area contributed by atoms with Crippen LogP contribution in [0.15, 0.2) is 161 Å². The van der Waals surface area contributed by atoms with Gasteiger partial charge < -0.3 is 5.32 Å². The van der Waals surface area contributed by atoms with E-state index < -0.39 is 0 Å².